The first kappa shape index (κ1) is 23.2. The number of nitrogens with zero attached hydrogens (tertiary/aromatic N) is 1. The van der Waals surface area contributed by atoms with Gasteiger partial charge in [-0.05, 0) is 36.4 Å². The molecule has 1 aliphatic heterocycles. The van der Waals surface area contributed by atoms with Crippen molar-refractivity contribution in [3.8, 4) is 23.0 Å². The molecule has 2 amide bonds. The SMILES string of the molecule is COc1ccc(N2CC(C(=O)NCC(O)COc3c(OC)cccc3OC)CC2=O)cc1. The summed E-state index contributed by atoms with van der Waals surface area (Å²) in [4.78, 5) is 26.5. The van der Waals surface area contributed by atoms with Crippen LogP contribution in [0.15, 0.2) is 42.5 Å². The number of rotatable bonds is 10. The van der Waals surface area contributed by atoms with Crippen LogP contribution in [0.4, 0.5) is 5.69 Å². The van der Waals surface area contributed by atoms with Gasteiger partial charge in [0.25, 0.3) is 0 Å². The molecule has 172 valence electrons. The van der Waals surface area contributed by atoms with E-state index in [4.69, 9.17) is 18.9 Å². The van der Waals surface area contributed by atoms with E-state index in [1.807, 2.05) is 0 Å². The molecule has 0 radical (unpaired) electrons. The Bertz CT molecular complexity index is 910. The number of carbonyl (C=O) groups is 2. The van der Waals surface area contributed by atoms with Crippen LogP contribution in [0.2, 0.25) is 0 Å². The van der Waals surface area contributed by atoms with E-state index in [1.54, 1.807) is 54.5 Å². The number of ether oxygens (including phenoxy) is 4. The van der Waals surface area contributed by atoms with Gasteiger partial charge in [0, 0.05) is 25.2 Å². The normalized spacial score (nSPS) is 16.4. The van der Waals surface area contributed by atoms with Crippen LogP contribution < -0.4 is 29.2 Å². The minimum Gasteiger partial charge on any atom is -0.497 e. The Labute approximate surface area is 186 Å². The molecule has 2 atom stereocenters. The van der Waals surface area contributed by atoms with Gasteiger partial charge in [-0.15, -0.1) is 0 Å². The lowest BCUT2D eigenvalue weighted by molar-refractivity contribution is -0.126. The van der Waals surface area contributed by atoms with Gasteiger partial charge in [-0.2, -0.15) is 0 Å². The van der Waals surface area contributed by atoms with Gasteiger partial charge in [-0.25, -0.2) is 0 Å². The van der Waals surface area contributed by atoms with Crippen LogP contribution in [0.5, 0.6) is 23.0 Å². The van der Waals surface area contributed by atoms with Gasteiger partial charge in [0.05, 0.1) is 27.2 Å². The molecule has 1 saturated heterocycles. The van der Waals surface area contributed by atoms with Crippen LogP contribution in [0, 0.1) is 5.92 Å². The molecule has 9 nitrogen and oxygen atoms in total. The molecule has 1 aliphatic rings. The lowest BCUT2D eigenvalue weighted by Crippen LogP contribution is -2.39. The summed E-state index contributed by atoms with van der Waals surface area (Å²) >= 11 is 0. The lowest BCUT2D eigenvalue weighted by atomic mass is 10.1. The maximum Gasteiger partial charge on any atom is 0.227 e. The first-order valence-corrected chi connectivity index (χ1v) is 10.2. The molecule has 0 aromatic heterocycles. The number of aliphatic hydroxyl groups excluding tert-OH is 1. The summed E-state index contributed by atoms with van der Waals surface area (Å²) < 4.78 is 21.3. The zero-order valence-corrected chi connectivity index (χ0v) is 18.4. The highest BCUT2D eigenvalue weighted by Crippen LogP contribution is 2.36. The number of hydrogen-bond acceptors (Lipinski definition) is 7. The fraction of sp³-hybridized carbons (Fsp3) is 0.391. The number of benzene rings is 2. The molecule has 9 heteroatoms. The minimum atomic E-state index is -0.955. The number of carbonyl (C=O) groups excluding carboxylic acids is 2. The van der Waals surface area contributed by atoms with Crippen LogP contribution >= 0.6 is 0 Å². The number of amides is 2. The number of para-hydroxylation sites is 1. The first-order chi connectivity index (χ1) is 15.5. The van der Waals surface area contributed by atoms with Gasteiger partial charge >= 0.3 is 0 Å². The Hall–Kier alpha value is -3.46. The quantitative estimate of drug-likeness (QED) is 0.574. The predicted octanol–water partition coefficient (Wildman–Crippen LogP) is 1.62. The second-order valence-corrected chi connectivity index (χ2v) is 7.31. The molecule has 0 saturated carbocycles. The Morgan fingerprint density at radius 3 is 2.34 bits per heavy atom. The van der Waals surface area contributed by atoms with Gasteiger partial charge < -0.3 is 34.3 Å². The molecule has 2 aromatic carbocycles. The molecule has 2 unspecified atom stereocenters. The summed E-state index contributed by atoms with van der Waals surface area (Å²) in [5.74, 6) is 1.11. The van der Waals surface area contributed by atoms with Crippen molar-refractivity contribution < 1.29 is 33.6 Å². The standard InChI is InChI=1S/C23H28N2O7/c1-29-18-9-7-16(8-10-18)25-13-15(11-21(25)27)23(28)24-12-17(26)14-32-22-19(30-2)5-4-6-20(22)31-3/h4-10,15,17,26H,11-14H2,1-3H3,(H,24,28). The highest BCUT2D eigenvalue weighted by atomic mass is 16.5. The summed E-state index contributed by atoms with van der Waals surface area (Å²) in [6.07, 6.45) is -0.841. The van der Waals surface area contributed by atoms with E-state index in [0.717, 1.165) is 0 Å². The average Bonchev–Trinajstić information content (AvgIpc) is 3.22. The molecule has 2 N–H and O–H groups in total. The van der Waals surface area contributed by atoms with E-state index < -0.39 is 12.0 Å². The average molecular weight is 444 g/mol. The zero-order valence-electron chi connectivity index (χ0n) is 18.4. The van der Waals surface area contributed by atoms with Gasteiger partial charge in [0.1, 0.15) is 18.5 Å². The van der Waals surface area contributed by atoms with Crippen molar-refractivity contribution in [2.75, 3.05) is 45.9 Å². The van der Waals surface area contributed by atoms with Crippen LogP contribution in [0.3, 0.4) is 0 Å². The zero-order chi connectivity index (χ0) is 23.1. The summed E-state index contributed by atoms with van der Waals surface area (Å²) in [5.41, 5.74) is 0.713. The summed E-state index contributed by atoms with van der Waals surface area (Å²) in [6, 6.07) is 12.3. The maximum atomic E-state index is 12.5. The number of methoxy groups -OCH3 is 3. The van der Waals surface area contributed by atoms with Gasteiger partial charge in [0.15, 0.2) is 11.5 Å². The third kappa shape index (κ3) is 5.42. The third-order valence-corrected chi connectivity index (χ3v) is 5.19. The van der Waals surface area contributed by atoms with E-state index in [2.05, 4.69) is 5.32 Å². The van der Waals surface area contributed by atoms with Crippen molar-refractivity contribution >= 4 is 17.5 Å². The molecule has 2 aromatic rings. The van der Waals surface area contributed by atoms with Crippen molar-refractivity contribution in [2.45, 2.75) is 12.5 Å². The summed E-state index contributed by atoms with van der Waals surface area (Å²) in [7, 11) is 4.59. The number of nitrogens with one attached hydrogen (secondary N) is 1. The smallest absolute Gasteiger partial charge is 0.227 e. The molecule has 32 heavy (non-hydrogen) atoms. The molecular weight excluding hydrogens is 416 g/mol. The van der Waals surface area contributed by atoms with Crippen molar-refractivity contribution in [3.63, 3.8) is 0 Å². The van der Waals surface area contributed by atoms with Crippen LogP contribution in [-0.2, 0) is 9.59 Å². The fourth-order valence-electron chi connectivity index (χ4n) is 3.46. The van der Waals surface area contributed by atoms with Gasteiger partial charge in [-0.3, -0.25) is 9.59 Å². The van der Waals surface area contributed by atoms with E-state index in [9.17, 15) is 14.7 Å². The van der Waals surface area contributed by atoms with Crippen LogP contribution in [-0.4, -0.2) is 64.1 Å². The predicted molar refractivity (Wildman–Crippen MR) is 118 cm³/mol. The molecule has 1 heterocycles. The minimum absolute atomic E-state index is 0.0104. The summed E-state index contributed by atoms with van der Waals surface area (Å²) in [5, 5.41) is 12.9. The van der Waals surface area contributed by atoms with E-state index in [-0.39, 0.29) is 37.9 Å². The Kier molecular flexibility index (Phi) is 7.77. The van der Waals surface area contributed by atoms with Crippen molar-refractivity contribution in [1.82, 2.24) is 5.32 Å². The monoisotopic (exact) mass is 444 g/mol. The van der Waals surface area contributed by atoms with Crippen molar-refractivity contribution in [1.29, 1.82) is 0 Å². The Morgan fingerprint density at radius 2 is 1.75 bits per heavy atom. The molecule has 3 rings (SSSR count). The second-order valence-electron chi connectivity index (χ2n) is 7.31. The lowest BCUT2D eigenvalue weighted by Gasteiger charge is -2.18. The largest absolute Gasteiger partial charge is 0.497 e. The summed E-state index contributed by atoms with van der Waals surface area (Å²) in [6.45, 7) is 0.199. The number of anilines is 1. The van der Waals surface area contributed by atoms with E-state index in [0.29, 0.717) is 28.7 Å². The van der Waals surface area contributed by atoms with Crippen molar-refractivity contribution in [3.05, 3.63) is 42.5 Å². The van der Waals surface area contributed by atoms with Crippen molar-refractivity contribution in [2.24, 2.45) is 5.92 Å². The topological polar surface area (TPSA) is 107 Å². The van der Waals surface area contributed by atoms with Crippen LogP contribution in [0.25, 0.3) is 0 Å². The highest BCUT2D eigenvalue weighted by molar-refractivity contribution is 6.00. The molecule has 0 spiro atoms. The Balaban J connectivity index is 1.50. The maximum absolute atomic E-state index is 12.5. The second kappa shape index (κ2) is 10.7. The van der Waals surface area contributed by atoms with E-state index >= 15 is 0 Å². The molecule has 0 aliphatic carbocycles. The third-order valence-electron chi connectivity index (χ3n) is 5.19. The van der Waals surface area contributed by atoms with Gasteiger partial charge in [0.2, 0.25) is 17.6 Å². The fourth-order valence-corrected chi connectivity index (χ4v) is 3.46. The molecule has 0 bridgehead atoms. The molecule has 1 fully saturated rings. The Morgan fingerprint density at radius 1 is 1.09 bits per heavy atom. The molecular formula is C23H28N2O7. The number of hydrogen-bond donors (Lipinski definition) is 2. The van der Waals surface area contributed by atoms with Crippen LogP contribution in [0.1, 0.15) is 6.42 Å². The van der Waals surface area contributed by atoms with Gasteiger partial charge in [-0.1, -0.05) is 6.07 Å². The number of aliphatic hydroxyl groups is 1. The van der Waals surface area contributed by atoms with E-state index in [1.165, 1.54) is 14.2 Å². The first-order valence-electron chi connectivity index (χ1n) is 10.2. The highest BCUT2D eigenvalue weighted by Gasteiger charge is 2.35.